The van der Waals surface area contributed by atoms with Crippen molar-refractivity contribution in [3.05, 3.63) is 134 Å². The first-order valence-electron chi connectivity index (χ1n) is 29.7. The van der Waals surface area contributed by atoms with Crippen LogP contribution in [0.3, 0.4) is 0 Å². The summed E-state index contributed by atoms with van der Waals surface area (Å²) < 4.78 is 71.1. The first-order valence-corrected chi connectivity index (χ1v) is 30.1. The Hall–Kier alpha value is -9.55. The SMILES string of the molecule is Cc1nc2cc(F)c(-c3cnc(OCCCCCn4cc(COCCOCCOCCOCCOCCOCCNC(=O)CC[C@H](NC(=O)c5ccc(NCc6cnc7nc(N)[nH]c(=O)c7n6)cc5)C(=O)O)nn4)nc3)nc2c(N[C@H](C)c2cc(C#N)ccc2F)c1Cl. The van der Waals surface area contributed by atoms with Crippen molar-refractivity contribution in [3.63, 3.8) is 0 Å². The van der Waals surface area contributed by atoms with Gasteiger partial charge in [-0.05, 0) is 82.0 Å². The second-order valence-corrected chi connectivity index (χ2v) is 21.1. The number of carbonyl (C=O) groups excluding carboxylic acids is 2. The standard InChI is InChI=1S/C61H70ClF2N17O12/c1-37(45-28-39(30-65)6-11-46(45)63)73-54-51(62)38(2)72-49-29-47(64)52(76-53(49)54)41-31-70-61(71-32-41)93-16-5-3-4-15-81-35-44(79-80-81)36-92-27-26-91-25-24-90-23-22-89-21-20-88-19-18-87-17-14-67-50(82)13-12-48(59(85)86)75-57(83)40-7-9-42(10-8-40)68-33-43-34-69-56-55(74-43)58(84)78-60(66)77-56/h6-11,28-29,31-32,34-35,37,48,68H,3-5,12-27,33,36H2,1-2H3,(H,67,82)(H,72,73)(H,75,83)(H,85,86)(H3,66,69,77,78,84)/t37-,48+/m1/s1. The van der Waals surface area contributed by atoms with E-state index in [1.54, 1.807) is 30.7 Å². The van der Waals surface area contributed by atoms with E-state index in [2.05, 4.69) is 71.5 Å². The molecule has 2 amide bonds. The minimum Gasteiger partial charge on any atom is -0.480 e. The Bertz CT molecular complexity index is 3880. The minimum absolute atomic E-state index is 0.0398. The summed E-state index contributed by atoms with van der Waals surface area (Å²) in [5.41, 5.74) is 9.23. The molecule has 0 unspecified atom stereocenters. The van der Waals surface area contributed by atoms with Crippen LogP contribution in [0.25, 0.3) is 33.5 Å². The van der Waals surface area contributed by atoms with Gasteiger partial charge in [0.1, 0.15) is 28.8 Å². The fourth-order valence-corrected chi connectivity index (χ4v) is 9.16. The van der Waals surface area contributed by atoms with E-state index in [0.717, 1.165) is 19.3 Å². The number of ether oxygens (including phenoxy) is 7. The van der Waals surface area contributed by atoms with Gasteiger partial charge in [0.2, 0.25) is 11.9 Å². The number of fused-ring (bicyclic) bond motifs is 2. The molecule has 0 aliphatic rings. The molecule has 0 fully saturated rings. The summed E-state index contributed by atoms with van der Waals surface area (Å²) in [5, 5.41) is 39.1. The predicted molar refractivity (Wildman–Crippen MR) is 334 cm³/mol. The average Bonchev–Trinajstić information content (AvgIpc) is 1.10. The summed E-state index contributed by atoms with van der Waals surface area (Å²) >= 11 is 6.68. The Kier molecular flexibility index (Phi) is 26.8. The van der Waals surface area contributed by atoms with Gasteiger partial charge >= 0.3 is 12.0 Å². The van der Waals surface area contributed by atoms with Crippen molar-refractivity contribution in [1.29, 1.82) is 5.26 Å². The van der Waals surface area contributed by atoms with Gasteiger partial charge in [-0.2, -0.15) is 10.2 Å². The van der Waals surface area contributed by atoms with E-state index in [1.165, 1.54) is 55.0 Å². The number of pyridine rings is 2. The molecule has 8 aromatic rings. The summed E-state index contributed by atoms with van der Waals surface area (Å²) in [6.45, 7) is 8.96. The fourth-order valence-electron chi connectivity index (χ4n) is 8.97. The first-order chi connectivity index (χ1) is 45.1. The van der Waals surface area contributed by atoms with Gasteiger partial charge < -0.3 is 65.3 Å². The number of hydrogen-bond donors (Lipinski definition) is 7. The number of nitrogens with two attached hydrogens (primary N) is 1. The zero-order chi connectivity index (χ0) is 65.9. The number of unbranched alkanes of at least 4 members (excludes halogenated alkanes) is 2. The maximum Gasteiger partial charge on any atom is 0.326 e. The van der Waals surface area contributed by atoms with Crippen molar-refractivity contribution in [1.82, 2.24) is 65.5 Å². The highest BCUT2D eigenvalue weighted by atomic mass is 35.5. The van der Waals surface area contributed by atoms with Gasteiger partial charge in [-0.3, -0.25) is 24.0 Å². The third-order valence-electron chi connectivity index (χ3n) is 13.8. The number of aromatic amines is 1. The lowest BCUT2D eigenvalue weighted by atomic mass is 10.0. The maximum atomic E-state index is 15.5. The molecule has 29 nitrogen and oxygen atoms in total. The molecular formula is C61H70ClF2N17O12. The number of carboxylic acids is 1. The van der Waals surface area contributed by atoms with Crippen molar-refractivity contribution in [2.75, 3.05) is 102 Å². The van der Waals surface area contributed by atoms with Gasteiger partial charge in [0.15, 0.2) is 17.0 Å². The summed E-state index contributed by atoms with van der Waals surface area (Å²) in [6.07, 6.45) is 8.24. The molecule has 0 aliphatic carbocycles. The van der Waals surface area contributed by atoms with Crippen molar-refractivity contribution >= 4 is 68.9 Å². The van der Waals surface area contributed by atoms with E-state index in [9.17, 15) is 33.9 Å². The van der Waals surface area contributed by atoms with E-state index in [1.807, 2.05) is 12.3 Å². The molecule has 32 heteroatoms. The van der Waals surface area contributed by atoms with Crippen molar-refractivity contribution in [3.8, 4) is 23.3 Å². The molecule has 6 heterocycles. The number of nitriles is 1. The van der Waals surface area contributed by atoms with Gasteiger partial charge in [0.25, 0.3) is 11.5 Å². The van der Waals surface area contributed by atoms with Gasteiger partial charge in [0, 0.05) is 60.3 Å². The molecule has 6 aromatic heterocycles. The van der Waals surface area contributed by atoms with E-state index >= 15 is 4.39 Å². The van der Waals surface area contributed by atoms with Crippen molar-refractivity contribution in [2.45, 2.75) is 77.7 Å². The number of anilines is 3. The van der Waals surface area contributed by atoms with E-state index in [0.29, 0.717) is 119 Å². The molecule has 0 saturated carbocycles. The normalized spacial score (nSPS) is 12.0. The number of aryl methyl sites for hydroxylation is 2. The van der Waals surface area contributed by atoms with Crippen molar-refractivity contribution in [2.24, 2.45) is 0 Å². The first kappa shape index (κ1) is 69.3. The summed E-state index contributed by atoms with van der Waals surface area (Å²) in [4.78, 5) is 81.5. The molecule has 8 N–H and O–H groups in total. The number of benzene rings is 2. The van der Waals surface area contributed by atoms with E-state index in [4.69, 9.17) is 50.5 Å². The zero-order valence-corrected chi connectivity index (χ0v) is 51.8. The smallest absolute Gasteiger partial charge is 0.326 e. The third kappa shape index (κ3) is 21.5. The van der Waals surface area contributed by atoms with E-state index in [-0.39, 0.29) is 95.1 Å². The second-order valence-electron chi connectivity index (χ2n) is 20.7. The molecule has 492 valence electrons. The summed E-state index contributed by atoms with van der Waals surface area (Å²) in [6, 6.07) is 11.8. The minimum atomic E-state index is -1.30. The van der Waals surface area contributed by atoms with Crippen LogP contribution in [0.1, 0.15) is 83.6 Å². The molecule has 93 heavy (non-hydrogen) atoms. The molecule has 2 aromatic carbocycles. The molecule has 0 aliphatic heterocycles. The Morgan fingerprint density at radius 2 is 1.48 bits per heavy atom. The number of rotatable bonds is 40. The van der Waals surface area contributed by atoms with Crippen LogP contribution in [-0.2, 0) is 57.7 Å². The number of nitrogens with one attached hydrogen (secondary N) is 5. The topological polar surface area (TPSA) is 388 Å². The third-order valence-corrected chi connectivity index (χ3v) is 14.2. The number of carbonyl (C=O) groups is 3. The Morgan fingerprint density at radius 1 is 0.796 bits per heavy atom. The number of hydrogen-bond acceptors (Lipinski definition) is 24. The van der Waals surface area contributed by atoms with Gasteiger partial charge in [-0.25, -0.2) is 43.5 Å². The Balaban J connectivity index is 0.575. The second kappa shape index (κ2) is 35.9. The Labute approximate surface area is 536 Å². The van der Waals surface area contributed by atoms with E-state index < -0.39 is 47.1 Å². The number of amides is 2. The summed E-state index contributed by atoms with van der Waals surface area (Å²) in [5.74, 6) is -3.52. The lowest BCUT2D eigenvalue weighted by Gasteiger charge is -2.20. The van der Waals surface area contributed by atoms with Gasteiger partial charge in [0.05, 0.1) is 150 Å². The average molecular weight is 1310 g/mol. The molecule has 0 radical (unpaired) electrons. The maximum absolute atomic E-state index is 15.5. The highest BCUT2D eigenvalue weighted by Crippen LogP contribution is 2.37. The predicted octanol–water partition coefficient (Wildman–Crippen LogP) is 5.81. The molecule has 0 spiro atoms. The molecular weight excluding hydrogens is 1240 g/mol. The quantitative estimate of drug-likeness (QED) is 0.0223. The lowest BCUT2D eigenvalue weighted by Crippen LogP contribution is -2.41. The highest BCUT2D eigenvalue weighted by Gasteiger charge is 2.24. The summed E-state index contributed by atoms with van der Waals surface area (Å²) in [7, 11) is 0. The van der Waals surface area contributed by atoms with Crippen LogP contribution in [-0.4, -0.2) is 170 Å². The van der Waals surface area contributed by atoms with Crippen LogP contribution < -0.4 is 37.3 Å². The van der Waals surface area contributed by atoms with Crippen LogP contribution >= 0.6 is 11.6 Å². The molecule has 8 rings (SSSR count). The van der Waals surface area contributed by atoms with Crippen LogP contribution in [0, 0.1) is 29.9 Å². The molecule has 2 atom stereocenters. The van der Waals surface area contributed by atoms with Crippen LogP contribution in [0.5, 0.6) is 6.01 Å². The molecule has 0 bridgehead atoms. The van der Waals surface area contributed by atoms with Crippen LogP contribution in [0.2, 0.25) is 5.02 Å². The zero-order valence-electron chi connectivity index (χ0n) is 51.0. The number of nitrogens with zero attached hydrogens (tertiary/aromatic N) is 11. The van der Waals surface area contributed by atoms with Crippen LogP contribution in [0.15, 0.2) is 78.1 Å². The van der Waals surface area contributed by atoms with Gasteiger partial charge in [-0.15, -0.1) is 5.10 Å². The lowest BCUT2D eigenvalue weighted by molar-refractivity contribution is -0.139. The highest BCUT2D eigenvalue weighted by molar-refractivity contribution is 6.35. The number of H-pyrrole nitrogens is 1. The number of aliphatic carboxylic acids is 1. The van der Waals surface area contributed by atoms with Crippen molar-refractivity contribution < 1.29 is 61.4 Å². The fraction of sp³-hybridized carbons (Fsp3) is 0.410. The van der Waals surface area contributed by atoms with Crippen LogP contribution in [0.4, 0.5) is 26.1 Å². The molecule has 0 saturated heterocycles. The monoisotopic (exact) mass is 1310 g/mol. The number of carboxylic acid groups (broad SMARTS) is 1. The largest absolute Gasteiger partial charge is 0.480 e. The van der Waals surface area contributed by atoms with Gasteiger partial charge in [-0.1, -0.05) is 16.8 Å². The number of aromatic nitrogens is 11. The number of nitrogen functional groups attached to an aromatic ring is 1. The number of halogens is 3. The Morgan fingerprint density at radius 3 is 2.17 bits per heavy atom.